The van der Waals surface area contributed by atoms with Gasteiger partial charge in [-0.15, -0.1) is 0 Å². The molecule has 0 spiro atoms. The maximum absolute atomic E-state index is 11.6. The summed E-state index contributed by atoms with van der Waals surface area (Å²) >= 11 is 0. The fraction of sp³-hybridized carbons (Fsp3) is 0.929. The third-order valence-corrected chi connectivity index (χ3v) is 2.69. The van der Waals surface area contributed by atoms with Crippen molar-refractivity contribution in [1.29, 1.82) is 0 Å². The lowest BCUT2D eigenvalue weighted by molar-refractivity contribution is 0.0507. The van der Waals surface area contributed by atoms with E-state index in [-0.39, 0.29) is 12.1 Å². The van der Waals surface area contributed by atoms with Gasteiger partial charge in [0, 0.05) is 18.6 Å². The first-order valence-corrected chi connectivity index (χ1v) is 6.88. The van der Waals surface area contributed by atoms with Gasteiger partial charge >= 0.3 is 6.09 Å². The first-order valence-electron chi connectivity index (χ1n) is 6.88. The number of ether oxygens (including phenoxy) is 1. The molecule has 0 bridgehead atoms. The number of hydrogen-bond acceptors (Lipinski definition) is 3. The number of nitrogens with one attached hydrogen (secondary N) is 2. The van der Waals surface area contributed by atoms with E-state index in [0.29, 0.717) is 12.0 Å². The van der Waals surface area contributed by atoms with Gasteiger partial charge in [0.25, 0.3) is 0 Å². The van der Waals surface area contributed by atoms with E-state index in [0.717, 1.165) is 13.0 Å². The smallest absolute Gasteiger partial charge is 0.407 e. The van der Waals surface area contributed by atoms with Gasteiger partial charge in [-0.05, 0) is 40.0 Å². The summed E-state index contributed by atoms with van der Waals surface area (Å²) < 4.78 is 5.21. The third kappa shape index (κ3) is 8.34. The number of alkyl carbamates (subject to hydrolysis) is 1. The second-order valence-electron chi connectivity index (χ2n) is 6.21. The van der Waals surface area contributed by atoms with Crippen molar-refractivity contribution in [3.05, 3.63) is 0 Å². The Bertz CT molecular complexity index is 247. The maximum Gasteiger partial charge on any atom is 0.407 e. The summed E-state index contributed by atoms with van der Waals surface area (Å²) in [7, 11) is 0. The molecule has 0 saturated heterocycles. The van der Waals surface area contributed by atoms with E-state index < -0.39 is 5.60 Å². The highest BCUT2D eigenvalue weighted by Gasteiger charge is 2.18. The molecule has 0 aliphatic heterocycles. The highest BCUT2D eigenvalue weighted by atomic mass is 16.6. The summed E-state index contributed by atoms with van der Waals surface area (Å²) in [5.74, 6) is 0.601. The number of hydrogen-bond donors (Lipinski definition) is 2. The van der Waals surface area contributed by atoms with Crippen LogP contribution in [0.5, 0.6) is 0 Å². The molecular weight excluding hydrogens is 228 g/mol. The Morgan fingerprint density at radius 1 is 1.22 bits per heavy atom. The number of carbonyl (C=O) groups is 1. The lowest BCUT2D eigenvalue weighted by Gasteiger charge is -2.25. The topological polar surface area (TPSA) is 50.4 Å². The third-order valence-electron chi connectivity index (χ3n) is 2.69. The Hall–Kier alpha value is -0.770. The van der Waals surface area contributed by atoms with E-state index in [4.69, 9.17) is 4.74 Å². The van der Waals surface area contributed by atoms with E-state index >= 15 is 0 Å². The molecule has 0 aromatic heterocycles. The van der Waals surface area contributed by atoms with Gasteiger partial charge in [0.1, 0.15) is 5.60 Å². The van der Waals surface area contributed by atoms with Crippen LogP contribution in [0.15, 0.2) is 0 Å². The summed E-state index contributed by atoms with van der Waals surface area (Å²) in [6.45, 7) is 14.9. The molecule has 0 aliphatic rings. The first-order chi connectivity index (χ1) is 8.15. The molecule has 0 aromatic rings. The van der Waals surface area contributed by atoms with Gasteiger partial charge in [0.2, 0.25) is 0 Å². The molecule has 0 fully saturated rings. The molecule has 0 rings (SSSR count). The van der Waals surface area contributed by atoms with Crippen molar-refractivity contribution in [2.75, 3.05) is 6.54 Å². The van der Waals surface area contributed by atoms with Crippen molar-refractivity contribution in [3.63, 3.8) is 0 Å². The van der Waals surface area contributed by atoms with E-state index in [2.05, 4.69) is 31.4 Å². The van der Waals surface area contributed by atoms with Crippen molar-refractivity contribution in [2.45, 2.75) is 72.6 Å². The minimum absolute atomic E-state index is 0.0626. The van der Waals surface area contributed by atoms with Gasteiger partial charge in [0.15, 0.2) is 0 Å². The molecule has 0 aromatic carbocycles. The highest BCUT2D eigenvalue weighted by molar-refractivity contribution is 5.68. The molecule has 4 nitrogen and oxygen atoms in total. The van der Waals surface area contributed by atoms with Crippen LogP contribution < -0.4 is 10.6 Å². The number of carbonyl (C=O) groups excluding carboxylic acids is 1. The molecule has 4 heteroatoms. The Balaban J connectivity index is 3.97. The molecule has 108 valence electrons. The Kier molecular flexibility index (Phi) is 7.29. The summed E-state index contributed by atoms with van der Waals surface area (Å²) in [6, 6.07) is 0.556. The molecule has 0 heterocycles. The van der Waals surface area contributed by atoms with Crippen molar-refractivity contribution in [3.8, 4) is 0 Å². The van der Waals surface area contributed by atoms with Gasteiger partial charge in [0.05, 0.1) is 0 Å². The Morgan fingerprint density at radius 3 is 2.17 bits per heavy atom. The second-order valence-corrected chi connectivity index (χ2v) is 6.21. The van der Waals surface area contributed by atoms with E-state index in [1.807, 2.05) is 27.7 Å². The van der Waals surface area contributed by atoms with Gasteiger partial charge < -0.3 is 15.4 Å². The van der Waals surface area contributed by atoms with E-state index in [9.17, 15) is 4.79 Å². The van der Waals surface area contributed by atoms with Crippen molar-refractivity contribution in [1.82, 2.24) is 10.6 Å². The van der Waals surface area contributed by atoms with Crippen molar-refractivity contribution >= 4 is 6.09 Å². The van der Waals surface area contributed by atoms with Gasteiger partial charge in [-0.1, -0.05) is 20.8 Å². The zero-order chi connectivity index (χ0) is 14.3. The number of rotatable bonds is 6. The van der Waals surface area contributed by atoms with Crippen molar-refractivity contribution in [2.24, 2.45) is 5.92 Å². The zero-order valence-corrected chi connectivity index (χ0v) is 13.0. The van der Waals surface area contributed by atoms with Crippen LogP contribution in [0, 0.1) is 5.92 Å². The fourth-order valence-corrected chi connectivity index (χ4v) is 1.74. The van der Waals surface area contributed by atoms with Crippen LogP contribution in [0.2, 0.25) is 0 Å². The second kappa shape index (κ2) is 7.62. The number of amides is 1. The van der Waals surface area contributed by atoms with Crippen molar-refractivity contribution < 1.29 is 9.53 Å². The predicted octanol–water partition coefficient (Wildman–Crippen LogP) is 2.92. The van der Waals surface area contributed by atoms with E-state index in [1.165, 1.54) is 0 Å². The Morgan fingerprint density at radius 2 is 1.78 bits per heavy atom. The van der Waals surface area contributed by atoms with Gasteiger partial charge in [-0.3, -0.25) is 0 Å². The molecule has 0 aliphatic carbocycles. The normalized spacial score (nSPS) is 15.3. The largest absolute Gasteiger partial charge is 0.444 e. The molecule has 0 saturated carbocycles. The zero-order valence-electron chi connectivity index (χ0n) is 13.0. The molecular formula is C14H30N2O2. The van der Waals surface area contributed by atoms with Crippen LogP contribution in [0.4, 0.5) is 4.79 Å². The van der Waals surface area contributed by atoms with Gasteiger partial charge in [-0.2, -0.15) is 0 Å². The lowest BCUT2D eigenvalue weighted by Crippen LogP contribution is -2.45. The van der Waals surface area contributed by atoms with Gasteiger partial charge in [-0.25, -0.2) is 4.79 Å². The minimum Gasteiger partial charge on any atom is -0.444 e. The molecule has 18 heavy (non-hydrogen) atoms. The van der Waals surface area contributed by atoms with E-state index in [1.54, 1.807) is 0 Å². The van der Waals surface area contributed by atoms with Crippen LogP contribution in [0.1, 0.15) is 54.9 Å². The standard InChI is InChI=1S/C14H30N2O2/c1-8-12(10(2)3)15-9-11(4)16-13(17)18-14(5,6)7/h10-12,15H,8-9H2,1-7H3,(H,16,17). The Labute approximate surface area is 112 Å². The highest BCUT2D eigenvalue weighted by Crippen LogP contribution is 2.07. The molecule has 0 radical (unpaired) electrons. The maximum atomic E-state index is 11.6. The summed E-state index contributed by atoms with van der Waals surface area (Å²) in [5.41, 5.74) is -0.443. The summed E-state index contributed by atoms with van der Waals surface area (Å²) in [5, 5.41) is 6.30. The fourth-order valence-electron chi connectivity index (χ4n) is 1.74. The molecule has 2 N–H and O–H groups in total. The SMILES string of the molecule is CCC(NCC(C)NC(=O)OC(C)(C)C)C(C)C. The monoisotopic (exact) mass is 258 g/mol. The average Bonchev–Trinajstić information content (AvgIpc) is 2.14. The summed E-state index contributed by atoms with van der Waals surface area (Å²) in [6.07, 6.45) is 0.742. The quantitative estimate of drug-likeness (QED) is 0.770. The van der Waals surface area contributed by atoms with Crippen LogP contribution in [-0.4, -0.2) is 30.3 Å². The van der Waals surface area contributed by atoms with Crippen LogP contribution in [0.25, 0.3) is 0 Å². The van der Waals surface area contributed by atoms with Crippen LogP contribution in [-0.2, 0) is 4.74 Å². The molecule has 2 unspecified atom stereocenters. The average molecular weight is 258 g/mol. The van der Waals surface area contributed by atoms with Crippen LogP contribution >= 0.6 is 0 Å². The predicted molar refractivity (Wildman–Crippen MR) is 75.8 cm³/mol. The first kappa shape index (κ1) is 17.2. The lowest BCUT2D eigenvalue weighted by atomic mass is 10.0. The van der Waals surface area contributed by atoms with Crippen LogP contribution in [0.3, 0.4) is 0 Å². The molecule has 1 amide bonds. The summed E-state index contributed by atoms with van der Waals surface area (Å²) in [4.78, 5) is 11.6. The minimum atomic E-state index is -0.443. The molecule has 2 atom stereocenters.